The van der Waals surface area contributed by atoms with Crippen LogP contribution in [0.1, 0.15) is 0 Å². The maximum atomic E-state index is 10.6. The minimum Gasteiger partial charge on any atom is -0.338 e. The summed E-state index contributed by atoms with van der Waals surface area (Å²) >= 11 is 0. The quantitative estimate of drug-likeness (QED) is 0.456. The van der Waals surface area contributed by atoms with Crippen LogP contribution in [0.3, 0.4) is 0 Å². The number of carbonyl (C=O) groups is 1. The van der Waals surface area contributed by atoms with E-state index in [1.165, 1.54) is 0 Å². The smallest absolute Gasteiger partial charge is 0.317 e. The number of nitrogens with one attached hydrogen (secondary N) is 1. The fourth-order valence-corrected chi connectivity index (χ4v) is 1.21. The molecule has 0 spiro atoms. The second kappa shape index (κ2) is 1.16. The number of amides is 2. The minimum absolute atomic E-state index is 0.118. The normalized spacial score (nSPS) is 27.0. The van der Waals surface area contributed by atoms with Gasteiger partial charge in [-0.1, -0.05) is 0 Å². The zero-order chi connectivity index (χ0) is 5.56. The molecular formula is C5H8N2O. The first-order chi connectivity index (χ1) is 3.86. The molecule has 0 radical (unpaired) electrons. The zero-order valence-corrected chi connectivity index (χ0v) is 4.55. The molecule has 3 nitrogen and oxygen atoms in total. The van der Waals surface area contributed by atoms with Gasteiger partial charge in [0.15, 0.2) is 0 Å². The zero-order valence-electron chi connectivity index (χ0n) is 4.55. The average Bonchev–Trinajstić information content (AvgIpc) is 1.62. The largest absolute Gasteiger partial charge is 0.338 e. The van der Waals surface area contributed by atoms with Crippen molar-refractivity contribution in [3.63, 3.8) is 0 Å². The van der Waals surface area contributed by atoms with E-state index < -0.39 is 0 Å². The van der Waals surface area contributed by atoms with Gasteiger partial charge in [0.25, 0.3) is 0 Å². The second-order valence-electron chi connectivity index (χ2n) is 2.46. The third-order valence-electron chi connectivity index (χ3n) is 1.79. The van der Waals surface area contributed by atoms with Crippen LogP contribution in [0.15, 0.2) is 0 Å². The van der Waals surface area contributed by atoms with Crippen molar-refractivity contribution in [3.8, 4) is 0 Å². The molecule has 1 N–H and O–H groups in total. The van der Waals surface area contributed by atoms with Crippen molar-refractivity contribution in [2.75, 3.05) is 19.6 Å². The number of hydrogen-bond acceptors (Lipinski definition) is 1. The lowest BCUT2D eigenvalue weighted by molar-refractivity contribution is 0.0909. The third kappa shape index (κ3) is 0.363. The van der Waals surface area contributed by atoms with Crippen molar-refractivity contribution >= 4 is 6.03 Å². The Morgan fingerprint density at radius 3 is 2.62 bits per heavy atom. The molecule has 0 aromatic carbocycles. The SMILES string of the molecule is O=C1NCC2CN1C2. The Bertz CT molecular complexity index is 126. The van der Waals surface area contributed by atoms with E-state index in [9.17, 15) is 4.79 Å². The molecule has 3 rings (SSSR count). The van der Waals surface area contributed by atoms with Crippen LogP contribution in [0.2, 0.25) is 0 Å². The van der Waals surface area contributed by atoms with Gasteiger partial charge in [-0.2, -0.15) is 0 Å². The van der Waals surface area contributed by atoms with Gasteiger partial charge in [0.05, 0.1) is 0 Å². The Hall–Kier alpha value is -0.730. The van der Waals surface area contributed by atoms with Crippen molar-refractivity contribution < 1.29 is 4.79 Å². The van der Waals surface area contributed by atoms with Gasteiger partial charge in [0.1, 0.15) is 0 Å². The standard InChI is InChI=1S/C5H8N2O/c8-5-6-1-4-2-7(5)3-4/h4H,1-3H2,(H,6,8). The van der Waals surface area contributed by atoms with Crippen molar-refractivity contribution in [1.29, 1.82) is 0 Å². The molecule has 0 aromatic heterocycles. The molecule has 3 fully saturated rings. The number of rotatable bonds is 0. The van der Waals surface area contributed by atoms with E-state index in [1.54, 1.807) is 0 Å². The molecule has 2 amide bonds. The summed E-state index contributed by atoms with van der Waals surface area (Å²) in [6, 6.07) is 0.118. The van der Waals surface area contributed by atoms with E-state index in [1.807, 2.05) is 4.90 Å². The number of fused-ring (bicyclic) bond motifs is 2. The molecule has 44 valence electrons. The predicted octanol–water partition coefficient (Wildman–Crippen LogP) is -0.359. The summed E-state index contributed by atoms with van der Waals surface area (Å²) in [4.78, 5) is 12.5. The number of nitrogens with zero attached hydrogens (tertiary/aromatic N) is 1. The van der Waals surface area contributed by atoms with Crippen molar-refractivity contribution in [2.24, 2.45) is 5.92 Å². The summed E-state index contributed by atoms with van der Waals surface area (Å²) in [5.74, 6) is 0.757. The van der Waals surface area contributed by atoms with Gasteiger partial charge in [-0.3, -0.25) is 0 Å². The maximum absolute atomic E-state index is 10.6. The summed E-state index contributed by atoms with van der Waals surface area (Å²) in [5, 5.41) is 2.77. The third-order valence-corrected chi connectivity index (χ3v) is 1.79. The first-order valence-corrected chi connectivity index (χ1v) is 2.89. The number of urea groups is 1. The predicted molar refractivity (Wildman–Crippen MR) is 28.5 cm³/mol. The van der Waals surface area contributed by atoms with Gasteiger partial charge < -0.3 is 10.2 Å². The first-order valence-electron chi connectivity index (χ1n) is 2.89. The molecule has 0 saturated carbocycles. The van der Waals surface area contributed by atoms with Crippen molar-refractivity contribution in [2.45, 2.75) is 0 Å². The maximum Gasteiger partial charge on any atom is 0.317 e. The molecule has 3 saturated heterocycles. The van der Waals surface area contributed by atoms with Gasteiger partial charge in [0, 0.05) is 25.6 Å². The van der Waals surface area contributed by atoms with Crippen molar-refractivity contribution in [1.82, 2.24) is 10.2 Å². The van der Waals surface area contributed by atoms with Crippen LogP contribution in [-0.4, -0.2) is 30.6 Å². The van der Waals surface area contributed by atoms with Crippen LogP contribution in [0.25, 0.3) is 0 Å². The van der Waals surface area contributed by atoms with Gasteiger partial charge in [-0.15, -0.1) is 0 Å². The summed E-state index contributed by atoms with van der Waals surface area (Å²) in [5.41, 5.74) is 0. The lowest BCUT2D eigenvalue weighted by atomic mass is 9.98. The Balaban J connectivity index is 2.10. The lowest BCUT2D eigenvalue weighted by Gasteiger charge is -2.44. The number of hydrogen-bond donors (Lipinski definition) is 1. The summed E-state index contributed by atoms with van der Waals surface area (Å²) in [6.07, 6.45) is 0. The van der Waals surface area contributed by atoms with Gasteiger partial charge in [-0.25, -0.2) is 4.79 Å². The molecule has 0 unspecified atom stereocenters. The molecule has 3 heteroatoms. The summed E-state index contributed by atoms with van der Waals surface area (Å²) in [7, 11) is 0. The molecule has 3 aliphatic rings. The summed E-state index contributed by atoms with van der Waals surface area (Å²) < 4.78 is 0. The Kier molecular flexibility index (Phi) is 0.604. The van der Waals surface area contributed by atoms with Crippen LogP contribution < -0.4 is 5.32 Å². The molecule has 2 bridgehead atoms. The van der Waals surface area contributed by atoms with Crippen LogP contribution in [0.5, 0.6) is 0 Å². The van der Waals surface area contributed by atoms with E-state index in [-0.39, 0.29) is 6.03 Å². The van der Waals surface area contributed by atoms with Gasteiger partial charge in [0.2, 0.25) is 0 Å². The van der Waals surface area contributed by atoms with E-state index >= 15 is 0 Å². The molecule has 3 aliphatic heterocycles. The molecule has 3 heterocycles. The van der Waals surface area contributed by atoms with Crippen molar-refractivity contribution in [3.05, 3.63) is 0 Å². The van der Waals surface area contributed by atoms with Crippen LogP contribution >= 0.6 is 0 Å². The van der Waals surface area contributed by atoms with E-state index in [0.29, 0.717) is 0 Å². The Morgan fingerprint density at radius 2 is 2.38 bits per heavy atom. The van der Waals surface area contributed by atoms with Crippen LogP contribution in [0, 0.1) is 5.92 Å². The summed E-state index contributed by atoms with van der Waals surface area (Å²) in [6.45, 7) is 2.88. The monoisotopic (exact) mass is 112 g/mol. The fraction of sp³-hybridized carbons (Fsp3) is 0.800. The number of carbonyl (C=O) groups excluding carboxylic acids is 1. The topological polar surface area (TPSA) is 32.3 Å². The molecule has 8 heavy (non-hydrogen) atoms. The molecular weight excluding hydrogens is 104 g/mol. The Labute approximate surface area is 47.7 Å². The lowest BCUT2D eigenvalue weighted by Crippen LogP contribution is -2.62. The highest BCUT2D eigenvalue weighted by Crippen LogP contribution is 2.18. The van der Waals surface area contributed by atoms with Crippen LogP contribution in [-0.2, 0) is 0 Å². The van der Waals surface area contributed by atoms with Crippen LogP contribution in [0.4, 0.5) is 4.79 Å². The van der Waals surface area contributed by atoms with E-state index in [0.717, 1.165) is 25.6 Å². The average molecular weight is 112 g/mol. The molecule has 0 atom stereocenters. The first kappa shape index (κ1) is 4.18. The fourth-order valence-electron chi connectivity index (χ4n) is 1.21. The second-order valence-corrected chi connectivity index (χ2v) is 2.46. The highest BCUT2D eigenvalue weighted by atomic mass is 16.2. The highest BCUT2D eigenvalue weighted by molar-refractivity contribution is 5.76. The molecule has 0 aliphatic carbocycles. The van der Waals surface area contributed by atoms with E-state index in [2.05, 4.69) is 5.32 Å². The minimum atomic E-state index is 0.118. The van der Waals surface area contributed by atoms with Gasteiger partial charge >= 0.3 is 6.03 Å². The van der Waals surface area contributed by atoms with E-state index in [4.69, 9.17) is 0 Å². The Morgan fingerprint density at radius 1 is 1.62 bits per heavy atom. The van der Waals surface area contributed by atoms with Gasteiger partial charge in [-0.05, 0) is 0 Å². The molecule has 0 aromatic rings. The highest BCUT2D eigenvalue weighted by Gasteiger charge is 2.35.